The molecule has 0 aromatic heterocycles. The Kier molecular flexibility index (Phi) is 7.16. The summed E-state index contributed by atoms with van der Waals surface area (Å²) in [5.74, 6) is -1.67. The summed E-state index contributed by atoms with van der Waals surface area (Å²) in [5.41, 5.74) is 0.557. The molecular weight excluding hydrogens is 466 g/mol. The first-order valence-corrected chi connectivity index (χ1v) is 9.48. The number of nitro benzene ring substituents is 3. The largest absolute Gasteiger partial charge is 0.423 e. The third kappa shape index (κ3) is 6.26. The van der Waals surface area contributed by atoms with Crippen molar-refractivity contribution in [3.63, 3.8) is 0 Å². The number of hydrogen-bond donors (Lipinski definition) is 1. The second-order valence-corrected chi connectivity index (χ2v) is 6.72. The van der Waals surface area contributed by atoms with Crippen molar-refractivity contribution in [1.82, 2.24) is 5.43 Å². The van der Waals surface area contributed by atoms with Crippen LogP contribution in [0.15, 0.2) is 71.8 Å². The van der Waals surface area contributed by atoms with Gasteiger partial charge in [0.15, 0.2) is 0 Å². The van der Waals surface area contributed by atoms with E-state index >= 15 is 0 Å². The Morgan fingerprint density at radius 1 is 0.771 bits per heavy atom. The first-order chi connectivity index (χ1) is 16.6. The molecule has 0 fully saturated rings. The zero-order chi connectivity index (χ0) is 25.5. The minimum atomic E-state index is -0.929. The summed E-state index contributed by atoms with van der Waals surface area (Å²) in [4.78, 5) is 54.9. The zero-order valence-corrected chi connectivity index (χ0v) is 17.4. The Bertz CT molecular complexity index is 1350. The molecule has 0 aliphatic heterocycles. The molecule has 3 aromatic rings. The number of hydrogen-bond acceptors (Lipinski definition) is 10. The first-order valence-electron chi connectivity index (χ1n) is 9.48. The average Bonchev–Trinajstić information content (AvgIpc) is 2.83. The fourth-order valence-corrected chi connectivity index (χ4v) is 2.74. The van der Waals surface area contributed by atoms with Crippen molar-refractivity contribution in [2.45, 2.75) is 0 Å². The predicted molar refractivity (Wildman–Crippen MR) is 119 cm³/mol. The molecule has 0 unspecified atom stereocenters. The predicted octanol–water partition coefficient (Wildman–Crippen LogP) is 3.39. The highest BCUT2D eigenvalue weighted by Crippen LogP contribution is 2.23. The second kappa shape index (κ2) is 10.4. The molecule has 0 atom stereocenters. The summed E-state index contributed by atoms with van der Waals surface area (Å²) < 4.78 is 5.21. The van der Waals surface area contributed by atoms with E-state index in [4.69, 9.17) is 4.74 Å². The molecule has 14 nitrogen and oxygen atoms in total. The first kappa shape index (κ1) is 24.1. The van der Waals surface area contributed by atoms with Gasteiger partial charge in [-0.1, -0.05) is 18.2 Å². The lowest BCUT2D eigenvalue weighted by molar-refractivity contribution is -0.394. The summed E-state index contributed by atoms with van der Waals surface area (Å²) in [7, 11) is 0. The molecule has 0 bridgehead atoms. The van der Waals surface area contributed by atoms with Crippen LogP contribution < -0.4 is 10.2 Å². The number of benzene rings is 3. The molecule has 14 heteroatoms. The van der Waals surface area contributed by atoms with E-state index in [-0.39, 0.29) is 22.6 Å². The monoisotopic (exact) mass is 479 g/mol. The number of ether oxygens (including phenoxy) is 1. The molecule has 0 saturated carbocycles. The number of amides is 1. The molecule has 176 valence electrons. The smallest absolute Gasteiger partial charge is 0.343 e. The van der Waals surface area contributed by atoms with Crippen LogP contribution in [0.2, 0.25) is 0 Å². The molecule has 35 heavy (non-hydrogen) atoms. The van der Waals surface area contributed by atoms with Crippen molar-refractivity contribution in [2.75, 3.05) is 0 Å². The number of hydrazone groups is 1. The summed E-state index contributed by atoms with van der Waals surface area (Å²) in [6, 6.07) is 13.4. The lowest BCUT2D eigenvalue weighted by atomic mass is 10.1. The van der Waals surface area contributed by atoms with Crippen LogP contribution in [0.1, 0.15) is 26.3 Å². The normalized spacial score (nSPS) is 10.5. The highest BCUT2D eigenvalue weighted by atomic mass is 16.6. The molecular formula is C21H13N5O9. The van der Waals surface area contributed by atoms with Crippen molar-refractivity contribution in [3.8, 4) is 5.75 Å². The number of nitro groups is 3. The molecule has 1 N–H and O–H groups in total. The van der Waals surface area contributed by atoms with Crippen LogP contribution >= 0.6 is 0 Å². The second-order valence-electron chi connectivity index (χ2n) is 6.72. The quantitative estimate of drug-likeness (QED) is 0.165. The van der Waals surface area contributed by atoms with Crippen LogP contribution in [-0.4, -0.2) is 32.9 Å². The third-order valence-corrected chi connectivity index (χ3v) is 4.33. The molecule has 3 rings (SSSR count). The van der Waals surface area contributed by atoms with E-state index in [1.54, 1.807) is 6.07 Å². The molecule has 0 radical (unpaired) electrons. The van der Waals surface area contributed by atoms with Crippen LogP contribution in [0.5, 0.6) is 5.75 Å². The van der Waals surface area contributed by atoms with Gasteiger partial charge >= 0.3 is 5.97 Å². The van der Waals surface area contributed by atoms with Gasteiger partial charge in [0.25, 0.3) is 23.0 Å². The van der Waals surface area contributed by atoms with Crippen molar-refractivity contribution < 1.29 is 29.1 Å². The van der Waals surface area contributed by atoms with Crippen molar-refractivity contribution >= 4 is 35.2 Å². The number of nitrogens with zero attached hydrogens (tertiary/aromatic N) is 4. The lowest BCUT2D eigenvalue weighted by Gasteiger charge is -2.05. The summed E-state index contributed by atoms with van der Waals surface area (Å²) in [5, 5.41) is 36.5. The maximum absolute atomic E-state index is 12.3. The van der Waals surface area contributed by atoms with Crippen LogP contribution in [-0.2, 0) is 0 Å². The molecule has 0 heterocycles. The Morgan fingerprint density at radius 2 is 1.37 bits per heavy atom. The zero-order valence-electron chi connectivity index (χ0n) is 17.4. The van der Waals surface area contributed by atoms with Gasteiger partial charge in [0.1, 0.15) is 5.75 Å². The van der Waals surface area contributed by atoms with Crippen LogP contribution in [0.3, 0.4) is 0 Å². The number of rotatable bonds is 8. The van der Waals surface area contributed by atoms with Crippen LogP contribution in [0.25, 0.3) is 0 Å². The fraction of sp³-hybridized carbons (Fsp3) is 0. The molecule has 0 spiro atoms. The minimum absolute atomic E-state index is 0.0309. The SMILES string of the molecule is O=C(NN=Cc1cccc(OC(=O)c2cccc([N+](=O)[O-])c2)c1)c1cc([N+](=O)[O-])cc([N+](=O)[O-])c1. The van der Waals surface area contributed by atoms with E-state index in [0.717, 1.165) is 24.3 Å². The number of carbonyl (C=O) groups excluding carboxylic acids is 2. The number of carbonyl (C=O) groups is 2. The number of esters is 1. The van der Waals surface area contributed by atoms with E-state index in [1.165, 1.54) is 42.6 Å². The van der Waals surface area contributed by atoms with E-state index in [0.29, 0.717) is 5.56 Å². The standard InChI is InChI=1S/C21H13N5O9/c27-20(15-9-17(25(31)32)11-18(10-15)26(33)34)23-22-12-13-3-1-6-19(7-13)35-21(28)14-4-2-5-16(8-14)24(29)30/h1-12H,(H,23,27). The van der Waals surface area contributed by atoms with Crippen LogP contribution in [0.4, 0.5) is 17.1 Å². The van der Waals surface area contributed by atoms with E-state index in [9.17, 15) is 39.9 Å². The van der Waals surface area contributed by atoms with Gasteiger partial charge in [0.05, 0.1) is 38.2 Å². The van der Waals surface area contributed by atoms with Gasteiger partial charge in [0, 0.05) is 24.3 Å². The Hall–Kier alpha value is -5.53. The number of non-ortho nitro benzene ring substituents is 3. The Balaban J connectivity index is 1.70. The Labute approximate surface area is 194 Å². The van der Waals surface area contributed by atoms with E-state index < -0.39 is 38.0 Å². The molecule has 0 aliphatic rings. The maximum atomic E-state index is 12.3. The van der Waals surface area contributed by atoms with Crippen molar-refractivity contribution in [2.24, 2.45) is 5.10 Å². The third-order valence-electron chi connectivity index (χ3n) is 4.33. The van der Waals surface area contributed by atoms with Gasteiger partial charge in [-0.05, 0) is 23.8 Å². The molecule has 0 saturated heterocycles. The van der Waals surface area contributed by atoms with E-state index in [1.807, 2.05) is 0 Å². The maximum Gasteiger partial charge on any atom is 0.343 e. The summed E-state index contributed by atoms with van der Waals surface area (Å²) >= 11 is 0. The summed E-state index contributed by atoms with van der Waals surface area (Å²) in [6.07, 6.45) is 1.17. The summed E-state index contributed by atoms with van der Waals surface area (Å²) in [6.45, 7) is 0. The van der Waals surface area contributed by atoms with Gasteiger partial charge in [-0.2, -0.15) is 5.10 Å². The van der Waals surface area contributed by atoms with E-state index in [2.05, 4.69) is 10.5 Å². The van der Waals surface area contributed by atoms with Crippen molar-refractivity contribution in [1.29, 1.82) is 0 Å². The fourth-order valence-electron chi connectivity index (χ4n) is 2.74. The minimum Gasteiger partial charge on any atom is -0.423 e. The van der Waals surface area contributed by atoms with Crippen LogP contribution in [0, 0.1) is 30.3 Å². The van der Waals surface area contributed by atoms with Gasteiger partial charge in [-0.3, -0.25) is 35.1 Å². The lowest BCUT2D eigenvalue weighted by Crippen LogP contribution is -2.18. The highest BCUT2D eigenvalue weighted by molar-refractivity contribution is 5.96. The number of nitrogens with one attached hydrogen (secondary N) is 1. The van der Waals surface area contributed by atoms with Gasteiger partial charge in [0.2, 0.25) is 0 Å². The molecule has 3 aromatic carbocycles. The average molecular weight is 479 g/mol. The van der Waals surface area contributed by atoms with Crippen molar-refractivity contribution in [3.05, 3.63) is 114 Å². The topological polar surface area (TPSA) is 197 Å². The van der Waals surface area contributed by atoms with Gasteiger partial charge in [-0.15, -0.1) is 0 Å². The Morgan fingerprint density at radius 3 is 2.00 bits per heavy atom. The molecule has 1 amide bonds. The van der Waals surface area contributed by atoms with Gasteiger partial charge < -0.3 is 4.74 Å². The highest BCUT2D eigenvalue weighted by Gasteiger charge is 2.19. The molecule has 0 aliphatic carbocycles. The van der Waals surface area contributed by atoms with Gasteiger partial charge in [-0.25, -0.2) is 10.2 Å².